The molecule has 0 saturated heterocycles. The van der Waals surface area contributed by atoms with E-state index in [1.54, 1.807) is 30.5 Å². The van der Waals surface area contributed by atoms with E-state index in [0.717, 1.165) is 17.5 Å². The molecule has 0 spiro atoms. The number of nitrogens with zero attached hydrogens (tertiary/aromatic N) is 1. The Hall–Kier alpha value is -3.76. The number of hydrogen-bond acceptors (Lipinski definition) is 4. The second-order valence-corrected chi connectivity index (χ2v) is 7.51. The van der Waals surface area contributed by atoms with E-state index in [1.165, 1.54) is 6.07 Å². The second kappa shape index (κ2) is 11.6. The first-order valence-corrected chi connectivity index (χ1v) is 10.5. The van der Waals surface area contributed by atoms with Crippen LogP contribution in [0.5, 0.6) is 5.75 Å². The summed E-state index contributed by atoms with van der Waals surface area (Å²) >= 11 is 0. The summed E-state index contributed by atoms with van der Waals surface area (Å²) in [4.78, 5) is 25.8. The predicted molar refractivity (Wildman–Crippen MR) is 118 cm³/mol. The Labute approximate surface area is 197 Å². The zero-order chi connectivity index (χ0) is 26.3. The molecule has 0 bridgehead atoms. The normalized spacial score (nSPS) is 12.1. The lowest BCUT2D eigenvalue weighted by Gasteiger charge is -2.24. The SMILES string of the molecule is CCC(CC)C(=O)NC(c1ccc(F)c(F)c1)c1ccc2cccnc2c1O.O=C(O)C(F)(F)F. The minimum atomic E-state index is -5.08. The average Bonchev–Trinajstić information content (AvgIpc) is 2.81. The first-order valence-electron chi connectivity index (χ1n) is 10.5. The fraction of sp³-hybridized carbons (Fsp3) is 0.292. The average molecular weight is 498 g/mol. The number of pyridine rings is 1. The Morgan fingerprint density at radius 3 is 2.20 bits per heavy atom. The molecule has 6 nitrogen and oxygen atoms in total. The van der Waals surface area contributed by atoms with E-state index in [-0.39, 0.29) is 17.6 Å². The van der Waals surface area contributed by atoms with Crippen molar-refractivity contribution in [1.82, 2.24) is 10.3 Å². The van der Waals surface area contributed by atoms with Gasteiger partial charge in [0.2, 0.25) is 5.91 Å². The van der Waals surface area contributed by atoms with E-state index in [1.807, 2.05) is 13.8 Å². The van der Waals surface area contributed by atoms with Crippen LogP contribution in [0.4, 0.5) is 22.0 Å². The number of aromatic nitrogens is 1. The van der Waals surface area contributed by atoms with Crippen LogP contribution in [-0.4, -0.2) is 33.2 Å². The number of hydrogen-bond donors (Lipinski definition) is 3. The van der Waals surface area contributed by atoms with Gasteiger partial charge in [-0.1, -0.05) is 38.1 Å². The summed E-state index contributed by atoms with van der Waals surface area (Å²) in [5, 5.41) is 21.5. The standard InChI is InChI=1S/C22H22F2N2O2.C2HF3O2/c1-3-13(4-2)22(28)26-19(15-8-10-17(23)18(24)12-15)16-9-7-14-6-5-11-25-20(14)21(16)27;3-2(4,5)1(6)7/h5-13,19,27H,3-4H2,1-2H3,(H,26,28);(H,6,7). The molecule has 3 N–H and O–H groups in total. The zero-order valence-corrected chi connectivity index (χ0v) is 18.7. The van der Waals surface area contributed by atoms with Crippen molar-refractivity contribution >= 4 is 22.8 Å². The van der Waals surface area contributed by atoms with E-state index in [0.29, 0.717) is 29.5 Å². The van der Waals surface area contributed by atoms with Crippen molar-refractivity contribution in [1.29, 1.82) is 0 Å². The molecule has 1 aromatic heterocycles. The van der Waals surface area contributed by atoms with Gasteiger partial charge in [0.15, 0.2) is 11.6 Å². The van der Waals surface area contributed by atoms with Gasteiger partial charge in [-0.15, -0.1) is 0 Å². The minimum Gasteiger partial charge on any atom is -0.505 e. The number of phenols is 1. The van der Waals surface area contributed by atoms with Gasteiger partial charge in [-0.05, 0) is 36.6 Å². The molecule has 0 saturated carbocycles. The quantitative estimate of drug-likeness (QED) is 0.390. The molecule has 35 heavy (non-hydrogen) atoms. The highest BCUT2D eigenvalue weighted by atomic mass is 19.4. The van der Waals surface area contributed by atoms with Crippen LogP contribution in [0.2, 0.25) is 0 Å². The van der Waals surface area contributed by atoms with Crippen molar-refractivity contribution in [3.8, 4) is 5.75 Å². The number of rotatable bonds is 6. The van der Waals surface area contributed by atoms with E-state index >= 15 is 0 Å². The van der Waals surface area contributed by atoms with Crippen LogP contribution >= 0.6 is 0 Å². The Kier molecular flexibility index (Phi) is 9.10. The number of aromatic hydroxyl groups is 1. The highest BCUT2D eigenvalue weighted by Crippen LogP contribution is 2.35. The van der Waals surface area contributed by atoms with Crippen LogP contribution in [0, 0.1) is 17.6 Å². The van der Waals surface area contributed by atoms with E-state index < -0.39 is 29.8 Å². The number of carboxylic acids is 1. The van der Waals surface area contributed by atoms with Crippen LogP contribution in [0.1, 0.15) is 43.9 Å². The Morgan fingerprint density at radius 2 is 1.66 bits per heavy atom. The number of carbonyl (C=O) groups is 2. The van der Waals surface area contributed by atoms with Crippen molar-refractivity contribution in [3.05, 3.63) is 71.4 Å². The summed E-state index contributed by atoms with van der Waals surface area (Å²) in [6.07, 6.45) is -2.22. The lowest BCUT2D eigenvalue weighted by molar-refractivity contribution is -0.192. The van der Waals surface area contributed by atoms with Crippen molar-refractivity contribution < 1.29 is 41.8 Å². The maximum Gasteiger partial charge on any atom is 0.490 e. The number of carbonyl (C=O) groups excluding carboxylic acids is 1. The summed E-state index contributed by atoms with van der Waals surface area (Å²) in [7, 11) is 0. The Morgan fingerprint density at radius 1 is 1.03 bits per heavy atom. The fourth-order valence-electron chi connectivity index (χ4n) is 3.33. The van der Waals surface area contributed by atoms with Crippen LogP contribution in [0.15, 0.2) is 48.7 Å². The minimum absolute atomic E-state index is 0.0994. The second-order valence-electron chi connectivity index (χ2n) is 7.51. The van der Waals surface area contributed by atoms with Crippen molar-refractivity contribution in [2.24, 2.45) is 5.92 Å². The molecule has 3 aromatic rings. The van der Waals surface area contributed by atoms with Gasteiger partial charge in [0.05, 0.1) is 6.04 Å². The van der Waals surface area contributed by atoms with Gasteiger partial charge in [0, 0.05) is 23.1 Å². The molecule has 1 unspecified atom stereocenters. The summed E-state index contributed by atoms with van der Waals surface area (Å²) in [5.74, 6) is -5.27. The number of phenolic OH excluding ortho intramolecular Hbond substituents is 1. The van der Waals surface area contributed by atoms with E-state index in [4.69, 9.17) is 9.90 Å². The number of nitrogens with one attached hydrogen (secondary N) is 1. The number of carboxylic acid groups (broad SMARTS) is 1. The summed E-state index contributed by atoms with van der Waals surface area (Å²) in [6, 6.07) is 9.61. The maximum absolute atomic E-state index is 13.9. The third-order valence-corrected chi connectivity index (χ3v) is 5.25. The van der Waals surface area contributed by atoms with Crippen LogP contribution in [0.3, 0.4) is 0 Å². The molecule has 0 aliphatic rings. The predicted octanol–water partition coefficient (Wildman–Crippen LogP) is 5.49. The molecule has 0 aliphatic heterocycles. The van der Waals surface area contributed by atoms with Gasteiger partial charge in [-0.2, -0.15) is 13.2 Å². The molecule has 3 rings (SSSR count). The fourth-order valence-corrected chi connectivity index (χ4v) is 3.33. The molecule has 2 aromatic carbocycles. The smallest absolute Gasteiger partial charge is 0.490 e. The van der Waals surface area contributed by atoms with E-state index in [2.05, 4.69) is 10.3 Å². The highest BCUT2D eigenvalue weighted by Gasteiger charge is 2.38. The van der Waals surface area contributed by atoms with Gasteiger partial charge >= 0.3 is 12.1 Å². The molecule has 0 aliphatic carbocycles. The molecule has 1 atom stereocenters. The Bertz CT molecular complexity index is 1200. The van der Waals surface area contributed by atoms with Gasteiger partial charge in [-0.25, -0.2) is 13.6 Å². The van der Waals surface area contributed by atoms with Crippen molar-refractivity contribution in [2.75, 3.05) is 0 Å². The van der Waals surface area contributed by atoms with Gasteiger partial charge in [0.25, 0.3) is 0 Å². The van der Waals surface area contributed by atoms with Crippen LogP contribution < -0.4 is 5.32 Å². The van der Waals surface area contributed by atoms with Crippen LogP contribution in [0.25, 0.3) is 10.9 Å². The maximum atomic E-state index is 13.9. The number of fused-ring (bicyclic) bond motifs is 1. The van der Waals surface area contributed by atoms with Gasteiger partial charge in [0.1, 0.15) is 11.3 Å². The third kappa shape index (κ3) is 6.87. The molecule has 11 heteroatoms. The lowest BCUT2D eigenvalue weighted by atomic mass is 9.94. The topological polar surface area (TPSA) is 99.5 Å². The largest absolute Gasteiger partial charge is 0.505 e. The van der Waals surface area contributed by atoms with Crippen LogP contribution in [-0.2, 0) is 9.59 Å². The summed E-state index contributed by atoms with van der Waals surface area (Å²) < 4.78 is 59.0. The summed E-state index contributed by atoms with van der Waals surface area (Å²) in [6.45, 7) is 3.83. The number of aliphatic carboxylic acids is 1. The third-order valence-electron chi connectivity index (χ3n) is 5.25. The van der Waals surface area contributed by atoms with E-state index in [9.17, 15) is 31.9 Å². The molecule has 0 radical (unpaired) electrons. The molecular weight excluding hydrogens is 475 g/mol. The van der Waals surface area contributed by atoms with Gasteiger partial charge < -0.3 is 15.5 Å². The lowest BCUT2D eigenvalue weighted by Crippen LogP contribution is -2.34. The summed E-state index contributed by atoms with van der Waals surface area (Å²) in [5.41, 5.74) is 1.09. The molecular formula is C24H23F5N2O4. The van der Waals surface area contributed by atoms with Gasteiger partial charge in [-0.3, -0.25) is 9.78 Å². The zero-order valence-electron chi connectivity index (χ0n) is 18.7. The Balaban J connectivity index is 0.000000540. The number of amides is 1. The number of halogens is 5. The molecule has 1 heterocycles. The first-order chi connectivity index (χ1) is 16.4. The molecule has 188 valence electrons. The monoisotopic (exact) mass is 498 g/mol. The first kappa shape index (κ1) is 27.5. The van der Waals surface area contributed by atoms with Crippen molar-refractivity contribution in [2.45, 2.75) is 38.9 Å². The highest BCUT2D eigenvalue weighted by molar-refractivity contribution is 5.86. The molecule has 0 fully saturated rings. The number of benzene rings is 2. The molecule has 1 amide bonds. The van der Waals surface area contributed by atoms with Crippen molar-refractivity contribution in [3.63, 3.8) is 0 Å². The number of alkyl halides is 3.